The van der Waals surface area contributed by atoms with E-state index < -0.39 is 11.7 Å². The lowest BCUT2D eigenvalue weighted by atomic mass is 10.1. The molecular formula is C17H19F3N2O2. The zero-order chi connectivity index (χ0) is 18.0. The number of aliphatic hydroxyl groups excluding tert-OH is 1. The van der Waals surface area contributed by atoms with E-state index in [1.165, 1.54) is 12.1 Å². The highest BCUT2D eigenvalue weighted by atomic mass is 19.4. The Hall–Kier alpha value is -2.30. The first-order chi connectivity index (χ1) is 11.4. The van der Waals surface area contributed by atoms with Crippen LogP contribution < -0.4 is 5.32 Å². The Labute approximate surface area is 139 Å². The minimum atomic E-state index is -4.41. The molecule has 7 heteroatoms. The second-order valence-corrected chi connectivity index (χ2v) is 4.90. The summed E-state index contributed by atoms with van der Waals surface area (Å²) in [6, 6.07) is 4.69. The van der Waals surface area contributed by atoms with Gasteiger partial charge in [0.05, 0.1) is 25.3 Å². The van der Waals surface area contributed by atoms with Crippen LogP contribution in [0.3, 0.4) is 0 Å². The first kappa shape index (κ1) is 19.7. The van der Waals surface area contributed by atoms with Crippen molar-refractivity contribution in [2.45, 2.75) is 6.18 Å². The molecule has 0 radical (unpaired) electrons. The summed E-state index contributed by atoms with van der Waals surface area (Å²) in [5, 5.41) is 11.4. The van der Waals surface area contributed by atoms with Crippen molar-refractivity contribution in [2.24, 2.45) is 0 Å². The number of hydrogen-bond acceptors (Lipinski definition) is 3. The maximum atomic E-state index is 12.6. The molecule has 24 heavy (non-hydrogen) atoms. The van der Waals surface area contributed by atoms with Gasteiger partial charge in [-0.15, -0.1) is 6.58 Å². The molecule has 0 unspecified atom stereocenters. The van der Waals surface area contributed by atoms with E-state index in [0.717, 1.165) is 12.1 Å². The van der Waals surface area contributed by atoms with Gasteiger partial charge in [0.25, 0.3) is 0 Å². The van der Waals surface area contributed by atoms with Gasteiger partial charge in [0, 0.05) is 18.7 Å². The number of nitrogens with one attached hydrogen (secondary N) is 1. The van der Waals surface area contributed by atoms with Crippen LogP contribution in [0.4, 0.5) is 13.2 Å². The Morgan fingerprint density at radius 3 is 2.79 bits per heavy atom. The van der Waals surface area contributed by atoms with Gasteiger partial charge >= 0.3 is 6.18 Å². The van der Waals surface area contributed by atoms with E-state index in [-0.39, 0.29) is 31.2 Å². The number of hydrogen-bond donors (Lipinski definition) is 2. The van der Waals surface area contributed by atoms with Crippen molar-refractivity contribution in [3.63, 3.8) is 0 Å². The number of amides is 1. The highest BCUT2D eigenvalue weighted by Crippen LogP contribution is 2.29. The van der Waals surface area contributed by atoms with E-state index >= 15 is 0 Å². The van der Waals surface area contributed by atoms with Crippen LogP contribution in [0.25, 0.3) is 0 Å². The molecular weight excluding hydrogens is 321 g/mol. The van der Waals surface area contributed by atoms with Crippen LogP contribution in [0, 0.1) is 11.8 Å². The van der Waals surface area contributed by atoms with Crippen molar-refractivity contribution >= 4 is 5.91 Å². The SMILES string of the molecule is C=CCN(CCO)CC(=O)NCC#Cc1cccc(C(F)(F)F)c1. The summed E-state index contributed by atoms with van der Waals surface area (Å²) in [4.78, 5) is 13.4. The van der Waals surface area contributed by atoms with E-state index in [1.54, 1.807) is 11.0 Å². The number of alkyl halides is 3. The molecule has 0 spiro atoms. The van der Waals surface area contributed by atoms with E-state index in [1.807, 2.05) is 0 Å². The van der Waals surface area contributed by atoms with Gasteiger partial charge < -0.3 is 10.4 Å². The van der Waals surface area contributed by atoms with Gasteiger partial charge in [-0.1, -0.05) is 24.0 Å². The summed E-state index contributed by atoms with van der Waals surface area (Å²) in [7, 11) is 0. The Morgan fingerprint density at radius 2 is 2.17 bits per heavy atom. The molecule has 0 saturated heterocycles. The highest BCUT2D eigenvalue weighted by Gasteiger charge is 2.30. The molecule has 1 amide bonds. The summed E-state index contributed by atoms with van der Waals surface area (Å²) in [5.74, 6) is 4.90. The van der Waals surface area contributed by atoms with Crippen LogP contribution in [-0.4, -0.2) is 48.7 Å². The molecule has 0 saturated carbocycles. The van der Waals surface area contributed by atoms with Gasteiger partial charge in [0.15, 0.2) is 0 Å². The largest absolute Gasteiger partial charge is 0.416 e. The lowest BCUT2D eigenvalue weighted by molar-refractivity contribution is -0.137. The Balaban J connectivity index is 2.52. The van der Waals surface area contributed by atoms with Gasteiger partial charge in [-0.2, -0.15) is 13.2 Å². The lowest BCUT2D eigenvalue weighted by Gasteiger charge is -2.18. The van der Waals surface area contributed by atoms with Crippen molar-refractivity contribution in [3.8, 4) is 11.8 Å². The fraction of sp³-hybridized carbons (Fsp3) is 0.353. The van der Waals surface area contributed by atoms with Crippen LogP contribution >= 0.6 is 0 Å². The number of benzene rings is 1. The Morgan fingerprint density at radius 1 is 1.42 bits per heavy atom. The first-order valence-corrected chi connectivity index (χ1v) is 7.23. The van der Waals surface area contributed by atoms with Crippen molar-refractivity contribution in [1.82, 2.24) is 10.2 Å². The molecule has 0 fully saturated rings. The molecule has 0 bridgehead atoms. The molecule has 0 aliphatic rings. The molecule has 0 heterocycles. The van der Waals surface area contributed by atoms with Crippen molar-refractivity contribution < 1.29 is 23.1 Å². The predicted octanol–water partition coefficient (Wildman–Crippen LogP) is 1.65. The Bertz CT molecular complexity index is 618. The van der Waals surface area contributed by atoms with Crippen LogP contribution in [-0.2, 0) is 11.0 Å². The topological polar surface area (TPSA) is 52.6 Å². The van der Waals surface area contributed by atoms with Crippen molar-refractivity contribution in [3.05, 3.63) is 48.0 Å². The van der Waals surface area contributed by atoms with Gasteiger partial charge in [-0.3, -0.25) is 9.69 Å². The predicted molar refractivity (Wildman–Crippen MR) is 85.1 cm³/mol. The molecule has 0 aromatic heterocycles. The minimum Gasteiger partial charge on any atom is -0.395 e. The fourth-order valence-corrected chi connectivity index (χ4v) is 1.88. The van der Waals surface area contributed by atoms with Crippen LogP contribution in [0.5, 0.6) is 0 Å². The van der Waals surface area contributed by atoms with Gasteiger partial charge in [-0.25, -0.2) is 0 Å². The van der Waals surface area contributed by atoms with E-state index in [0.29, 0.717) is 13.1 Å². The molecule has 0 atom stereocenters. The third-order valence-corrected chi connectivity index (χ3v) is 2.97. The quantitative estimate of drug-likeness (QED) is 0.586. The van der Waals surface area contributed by atoms with E-state index in [9.17, 15) is 18.0 Å². The number of carbonyl (C=O) groups excluding carboxylic acids is 1. The van der Waals surface area contributed by atoms with E-state index in [4.69, 9.17) is 5.11 Å². The summed E-state index contributed by atoms with van der Waals surface area (Å²) < 4.78 is 37.7. The molecule has 2 N–H and O–H groups in total. The molecule has 1 aromatic rings. The van der Waals surface area contributed by atoms with E-state index in [2.05, 4.69) is 23.7 Å². The number of carbonyl (C=O) groups is 1. The summed E-state index contributed by atoms with van der Waals surface area (Å²) in [5.41, 5.74) is -0.532. The van der Waals surface area contributed by atoms with Gasteiger partial charge in [-0.05, 0) is 18.2 Å². The maximum Gasteiger partial charge on any atom is 0.416 e. The Kier molecular flexibility index (Phi) is 8.02. The summed E-state index contributed by atoms with van der Waals surface area (Å²) in [6.45, 7) is 4.40. The van der Waals surface area contributed by atoms with Gasteiger partial charge in [0.1, 0.15) is 0 Å². The monoisotopic (exact) mass is 340 g/mol. The van der Waals surface area contributed by atoms with Crippen LogP contribution in [0.1, 0.15) is 11.1 Å². The standard InChI is InChI=1S/C17H19F3N2O2/c1-2-9-22(10-11-23)13-16(24)21-8-4-6-14-5-3-7-15(12-14)17(18,19)20/h2-3,5,7,12,23H,1,8-11,13H2,(H,21,24). The van der Waals surface area contributed by atoms with Crippen molar-refractivity contribution in [1.29, 1.82) is 0 Å². The average Bonchev–Trinajstić information content (AvgIpc) is 2.51. The number of nitrogens with zero attached hydrogens (tertiary/aromatic N) is 1. The first-order valence-electron chi connectivity index (χ1n) is 7.23. The fourth-order valence-electron chi connectivity index (χ4n) is 1.88. The molecule has 130 valence electrons. The smallest absolute Gasteiger partial charge is 0.395 e. The highest BCUT2D eigenvalue weighted by molar-refractivity contribution is 5.78. The van der Waals surface area contributed by atoms with Crippen LogP contribution in [0.2, 0.25) is 0 Å². The maximum absolute atomic E-state index is 12.6. The average molecular weight is 340 g/mol. The molecule has 1 rings (SSSR count). The number of rotatable bonds is 7. The second-order valence-electron chi connectivity index (χ2n) is 4.90. The lowest BCUT2D eigenvalue weighted by Crippen LogP contribution is -2.38. The van der Waals surface area contributed by atoms with Crippen molar-refractivity contribution in [2.75, 3.05) is 32.8 Å². The zero-order valence-corrected chi connectivity index (χ0v) is 13.1. The molecule has 0 aliphatic heterocycles. The van der Waals surface area contributed by atoms with Gasteiger partial charge in [0.2, 0.25) is 5.91 Å². The minimum absolute atomic E-state index is 0.0239. The third-order valence-electron chi connectivity index (χ3n) is 2.97. The molecule has 4 nitrogen and oxygen atoms in total. The number of halogens is 3. The third kappa shape index (κ3) is 7.31. The molecule has 0 aliphatic carbocycles. The molecule has 1 aromatic carbocycles. The summed E-state index contributed by atoms with van der Waals surface area (Å²) >= 11 is 0. The van der Waals surface area contributed by atoms with Crippen LogP contribution in [0.15, 0.2) is 36.9 Å². The zero-order valence-electron chi connectivity index (χ0n) is 13.1. The second kappa shape index (κ2) is 9.75. The number of aliphatic hydroxyl groups is 1. The normalized spacial score (nSPS) is 10.9. The summed E-state index contributed by atoms with van der Waals surface area (Å²) in [6.07, 6.45) is -2.79.